The van der Waals surface area contributed by atoms with Crippen LogP contribution in [-0.2, 0) is 0 Å². The SMILES string of the molecule is Cc1ccc(C(=O)N2CCNC[C@H]2C)cc1NC(=O)c1ccccc1.Cl. The van der Waals surface area contributed by atoms with Crippen molar-refractivity contribution in [3.05, 3.63) is 65.2 Å². The number of carbonyl (C=O) groups excluding carboxylic acids is 2. The lowest BCUT2D eigenvalue weighted by molar-refractivity contribution is 0.0655. The first-order chi connectivity index (χ1) is 12.1. The second kappa shape index (κ2) is 8.83. The van der Waals surface area contributed by atoms with Gasteiger partial charge in [0.2, 0.25) is 0 Å². The first-order valence-corrected chi connectivity index (χ1v) is 8.55. The van der Waals surface area contributed by atoms with Gasteiger partial charge >= 0.3 is 0 Å². The normalized spacial score (nSPS) is 16.5. The van der Waals surface area contributed by atoms with E-state index in [4.69, 9.17) is 0 Å². The standard InChI is InChI=1S/C20H23N3O2.ClH/c1-14-8-9-17(20(25)23-11-10-21-13-15(23)2)12-18(14)22-19(24)16-6-4-3-5-7-16;/h3-9,12,15,21H,10-11,13H2,1-2H3,(H,22,24);1H/t15-;/m1./s1. The number of rotatable bonds is 3. The molecule has 2 aromatic rings. The zero-order chi connectivity index (χ0) is 17.8. The number of anilines is 1. The molecule has 2 N–H and O–H groups in total. The molecule has 1 fully saturated rings. The molecule has 3 rings (SSSR count). The van der Waals surface area contributed by atoms with Crippen LogP contribution in [0.5, 0.6) is 0 Å². The zero-order valence-corrected chi connectivity index (χ0v) is 15.8. The third kappa shape index (κ3) is 4.42. The smallest absolute Gasteiger partial charge is 0.255 e. The Morgan fingerprint density at radius 1 is 1.12 bits per heavy atom. The Labute approximate surface area is 160 Å². The summed E-state index contributed by atoms with van der Waals surface area (Å²) in [6.45, 7) is 6.26. The summed E-state index contributed by atoms with van der Waals surface area (Å²) in [7, 11) is 0. The maximum absolute atomic E-state index is 12.8. The van der Waals surface area contributed by atoms with Crippen LogP contribution in [-0.4, -0.2) is 42.4 Å². The van der Waals surface area contributed by atoms with Crippen LogP contribution in [0.1, 0.15) is 33.2 Å². The summed E-state index contributed by atoms with van der Waals surface area (Å²) < 4.78 is 0. The first kappa shape index (κ1) is 19.9. The van der Waals surface area contributed by atoms with Gasteiger partial charge in [-0.05, 0) is 43.7 Å². The predicted molar refractivity (Wildman–Crippen MR) is 106 cm³/mol. The number of hydrogen-bond acceptors (Lipinski definition) is 3. The summed E-state index contributed by atoms with van der Waals surface area (Å²) in [6, 6.07) is 14.7. The van der Waals surface area contributed by atoms with E-state index in [2.05, 4.69) is 10.6 Å². The van der Waals surface area contributed by atoms with Crippen molar-refractivity contribution < 1.29 is 9.59 Å². The third-order valence-corrected chi connectivity index (χ3v) is 4.53. The molecular formula is C20H24ClN3O2. The van der Waals surface area contributed by atoms with Crippen LogP contribution < -0.4 is 10.6 Å². The maximum atomic E-state index is 12.8. The van der Waals surface area contributed by atoms with Crippen LogP contribution in [0.15, 0.2) is 48.5 Å². The summed E-state index contributed by atoms with van der Waals surface area (Å²) in [5, 5.41) is 6.20. The fourth-order valence-electron chi connectivity index (χ4n) is 2.98. The summed E-state index contributed by atoms with van der Waals surface area (Å²) in [6.07, 6.45) is 0. The monoisotopic (exact) mass is 373 g/mol. The van der Waals surface area contributed by atoms with Crippen molar-refractivity contribution in [1.29, 1.82) is 0 Å². The second-order valence-corrected chi connectivity index (χ2v) is 6.40. The number of nitrogens with zero attached hydrogens (tertiary/aromatic N) is 1. The van der Waals surface area contributed by atoms with Crippen molar-refractivity contribution in [1.82, 2.24) is 10.2 Å². The molecule has 0 unspecified atom stereocenters. The Balaban J connectivity index is 0.00000243. The summed E-state index contributed by atoms with van der Waals surface area (Å²) in [5.74, 6) is -0.173. The van der Waals surface area contributed by atoms with E-state index >= 15 is 0 Å². The molecule has 0 aliphatic carbocycles. The molecule has 0 aromatic heterocycles. The van der Waals surface area contributed by atoms with Gasteiger partial charge in [0.05, 0.1) is 0 Å². The number of carbonyl (C=O) groups is 2. The van der Waals surface area contributed by atoms with E-state index in [9.17, 15) is 9.59 Å². The molecule has 6 heteroatoms. The minimum absolute atomic E-state index is 0. The number of hydrogen-bond donors (Lipinski definition) is 2. The van der Waals surface area contributed by atoms with Crippen LogP contribution >= 0.6 is 12.4 Å². The minimum Gasteiger partial charge on any atom is -0.333 e. The topological polar surface area (TPSA) is 61.4 Å². The first-order valence-electron chi connectivity index (χ1n) is 8.55. The summed E-state index contributed by atoms with van der Waals surface area (Å²) in [4.78, 5) is 27.1. The Hall–Kier alpha value is -2.37. The zero-order valence-electron chi connectivity index (χ0n) is 15.0. The maximum Gasteiger partial charge on any atom is 0.255 e. The molecule has 1 saturated heterocycles. The molecule has 5 nitrogen and oxygen atoms in total. The number of aryl methyl sites for hydroxylation is 1. The molecule has 0 spiro atoms. The van der Waals surface area contributed by atoms with Crippen LogP contribution in [0.2, 0.25) is 0 Å². The van der Waals surface area contributed by atoms with Crippen molar-refractivity contribution in [3.8, 4) is 0 Å². The molecule has 1 aliphatic heterocycles. The van der Waals surface area contributed by atoms with Crippen molar-refractivity contribution in [2.75, 3.05) is 25.0 Å². The second-order valence-electron chi connectivity index (χ2n) is 6.40. The molecule has 2 amide bonds. The van der Waals surface area contributed by atoms with Crippen molar-refractivity contribution in [3.63, 3.8) is 0 Å². The van der Waals surface area contributed by atoms with Crippen LogP contribution in [0.25, 0.3) is 0 Å². The molecular weight excluding hydrogens is 350 g/mol. The van der Waals surface area contributed by atoms with Gasteiger partial charge < -0.3 is 15.5 Å². The Kier molecular flexibility index (Phi) is 6.77. The molecule has 26 heavy (non-hydrogen) atoms. The van der Waals surface area contributed by atoms with Gasteiger partial charge in [0.15, 0.2) is 0 Å². The van der Waals surface area contributed by atoms with Crippen molar-refractivity contribution in [2.45, 2.75) is 19.9 Å². The van der Waals surface area contributed by atoms with Crippen molar-refractivity contribution in [2.24, 2.45) is 0 Å². The van der Waals surface area contributed by atoms with Gasteiger partial charge in [0.25, 0.3) is 11.8 Å². The highest BCUT2D eigenvalue weighted by Gasteiger charge is 2.24. The number of halogens is 1. The van der Waals surface area contributed by atoms with Crippen LogP contribution in [0.4, 0.5) is 5.69 Å². The van der Waals surface area contributed by atoms with Gasteiger partial charge in [-0.15, -0.1) is 12.4 Å². The molecule has 0 radical (unpaired) electrons. The molecule has 0 bridgehead atoms. The molecule has 138 valence electrons. The third-order valence-electron chi connectivity index (χ3n) is 4.53. The highest BCUT2D eigenvalue weighted by molar-refractivity contribution is 6.05. The lowest BCUT2D eigenvalue weighted by Crippen LogP contribution is -2.52. The Bertz CT molecular complexity index is 780. The largest absolute Gasteiger partial charge is 0.333 e. The lowest BCUT2D eigenvalue weighted by atomic mass is 10.1. The van der Waals surface area contributed by atoms with Crippen LogP contribution in [0.3, 0.4) is 0 Å². The fraction of sp³-hybridized carbons (Fsp3) is 0.300. The highest BCUT2D eigenvalue weighted by atomic mass is 35.5. The van der Waals surface area contributed by atoms with Gasteiger partial charge in [-0.3, -0.25) is 9.59 Å². The fourth-order valence-corrected chi connectivity index (χ4v) is 2.98. The van der Waals surface area contributed by atoms with E-state index in [1.54, 1.807) is 18.2 Å². The number of amides is 2. The van der Waals surface area contributed by atoms with E-state index in [0.29, 0.717) is 23.4 Å². The van der Waals surface area contributed by atoms with E-state index < -0.39 is 0 Å². The van der Waals surface area contributed by atoms with Gasteiger partial charge in [0.1, 0.15) is 0 Å². The molecule has 1 heterocycles. The predicted octanol–water partition coefficient (Wildman–Crippen LogP) is 3.10. The molecule has 1 atom stereocenters. The Morgan fingerprint density at radius 2 is 1.85 bits per heavy atom. The van der Waals surface area contributed by atoms with E-state index in [-0.39, 0.29) is 30.3 Å². The average Bonchev–Trinajstić information content (AvgIpc) is 2.64. The van der Waals surface area contributed by atoms with E-state index in [0.717, 1.165) is 18.7 Å². The van der Waals surface area contributed by atoms with Gasteiger partial charge in [-0.2, -0.15) is 0 Å². The van der Waals surface area contributed by atoms with Gasteiger partial charge in [-0.1, -0.05) is 24.3 Å². The van der Waals surface area contributed by atoms with E-state index in [1.165, 1.54) is 0 Å². The van der Waals surface area contributed by atoms with Gasteiger partial charge in [-0.25, -0.2) is 0 Å². The minimum atomic E-state index is -0.177. The quantitative estimate of drug-likeness (QED) is 0.869. The lowest BCUT2D eigenvalue weighted by Gasteiger charge is -2.34. The van der Waals surface area contributed by atoms with Crippen LogP contribution in [0, 0.1) is 6.92 Å². The molecule has 0 saturated carbocycles. The number of nitrogens with one attached hydrogen (secondary N) is 2. The van der Waals surface area contributed by atoms with E-state index in [1.807, 2.05) is 49.1 Å². The summed E-state index contributed by atoms with van der Waals surface area (Å²) in [5.41, 5.74) is 2.79. The Morgan fingerprint density at radius 3 is 2.54 bits per heavy atom. The van der Waals surface area contributed by atoms with Crippen molar-refractivity contribution >= 4 is 29.9 Å². The van der Waals surface area contributed by atoms with Gasteiger partial charge in [0, 0.05) is 42.5 Å². The number of benzene rings is 2. The summed E-state index contributed by atoms with van der Waals surface area (Å²) >= 11 is 0. The molecule has 2 aromatic carbocycles. The average molecular weight is 374 g/mol. The highest BCUT2D eigenvalue weighted by Crippen LogP contribution is 2.20. The number of piperazine rings is 1. The molecule has 1 aliphatic rings.